The lowest BCUT2D eigenvalue weighted by molar-refractivity contribution is -0.223. The van der Waals surface area contributed by atoms with Crippen LogP contribution in [-0.4, -0.2) is 39.2 Å². The van der Waals surface area contributed by atoms with E-state index in [4.69, 9.17) is 15.2 Å². The Labute approximate surface area is 112 Å². The molecule has 0 unspecified atom stereocenters. The maximum absolute atomic E-state index is 6.02. The van der Waals surface area contributed by atoms with Gasteiger partial charge in [-0.1, -0.05) is 12.1 Å². The van der Waals surface area contributed by atoms with E-state index >= 15 is 0 Å². The van der Waals surface area contributed by atoms with E-state index in [1.54, 1.807) is 11.8 Å². The molecule has 0 bridgehead atoms. The number of benzene rings is 1. The van der Waals surface area contributed by atoms with Gasteiger partial charge in [0.2, 0.25) is 0 Å². The Hall–Kier alpha value is -0.550. The molecule has 1 aromatic rings. The van der Waals surface area contributed by atoms with Crippen LogP contribution in [0.1, 0.15) is 5.56 Å². The Morgan fingerprint density at radius 1 is 1.11 bits per heavy atom. The predicted octanol–water partition coefficient (Wildman–Crippen LogP) is 1.65. The molecular formula is C14H19NO2S. The molecule has 0 aliphatic carbocycles. The summed E-state index contributed by atoms with van der Waals surface area (Å²) >= 11 is 1.77. The van der Waals surface area contributed by atoms with E-state index in [1.165, 1.54) is 10.5 Å². The molecule has 98 valence electrons. The summed E-state index contributed by atoms with van der Waals surface area (Å²) in [6, 6.07) is 8.82. The lowest BCUT2D eigenvalue weighted by Crippen LogP contribution is -2.69. The minimum atomic E-state index is 0.0664. The third-order valence-electron chi connectivity index (χ3n) is 4.50. The van der Waals surface area contributed by atoms with Gasteiger partial charge in [0, 0.05) is 16.9 Å². The number of nitrogens with two attached hydrogens (primary N) is 1. The van der Waals surface area contributed by atoms with E-state index in [0.29, 0.717) is 6.54 Å². The molecule has 0 radical (unpaired) electrons. The molecule has 18 heavy (non-hydrogen) atoms. The third-order valence-corrected chi connectivity index (χ3v) is 5.25. The van der Waals surface area contributed by atoms with E-state index in [2.05, 4.69) is 30.5 Å². The van der Waals surface area contributed by atoms with Gasteiger partial charge in [0.15, 0.2) is 0 Å². The van der Waals surface area contributed by atoms with Crippen LogP contribution in [0.2, 0.25) is 0 Å². The summed E-state index contributed by atoms with van der Waals surface area (Å²) in [6.45, 7) is 3.73. The summed E-state index contributed by atoms with van der Waals surface area (Å²) in [7, 11) is 0. The number of hydrogen-bond donors (Lipinski definition) is 1. The molecular weight excluding hydrogens is 246 g/mol. The smallest absolute Gasteiger partial charge is 0.0593 e. The average Bonchev–Trinajstić information content (AvgIpc) is 2.31. The predicted molar refractivity (Wildman–Crippen MR) is 73.0 cm³/mol. The molecule has 2 saturated heterocycles. The molecule has 4 heteroatoms. The zero-order valence-electron chi connectivity index (χ0n) is 10.6. The topological polar surface area (TPSA) is 44.5 Å². The van der Waals surface area contributed by atoms with Crippen LogP contribution in [0.3, 0.4) is 0 Å². The fourth-order valence-electron chi connectivity index (χ4n) is 2.93. The molecule has 2 heterocycles. The van der Waals surface area contributed by atoms with Crippen LogP contribution < -0.4 is 5.73 Å². The first-order valence-corrected chi connectivity index (χ1v) is 7.49. The quantitative estimate of drug-likeness (QED) is 0.841. The molecule has 3 nitrogen and oxygen atoms in total. The fourth-order valence-corrected chi connectivity index (χ4v) is 3.34. The summed E-state index contributed by atoms with van der Waals surface area (Å²) < 4.78 is 11.0. The van der Waals surface area contributed by atoms with Gasteiger partial charge < -0.3 is 15.2 Å². The molecule has 3 rings (SSSR count). The minimum absolute atomic E-state index is 0.0664. The van der Waals surface area contributed by atoms with Crippen LogP contribution in [0.15, 0.2) is 29.2 Å². The Kier molecular flexibility index (Phi) is 3.14. The summed E-state index contributed by atoms with van der Waals surface area (Å²) in [6.07, 6.45) is 2.10. The van der Waals surface area contributed by atoms with E-state index in [9.17, 15) is 0 Å². The van der Waals surface area contributed by atoms with Crippen molar-refractivity contribution in [3.8, 4) is 0 Å². The monoisotopic (exact) mass is 265 g/mol. The molecule has 0 atom stereocenters. The highest BCUT2D eigenvalue weighted by Crippen LogP contribution is 2.51. The van der Waals surface area contributed by atoms with Crippen LogP contribution in [-0.2, 0) is 14.9 Å². The largest absolute Gasteiger partial charge is 0.380 e. The summed E-state index contributed by atoms with van der Waals surface area (Å²) in [4.78, 5) is 1.29. The van der Waals surface area contributed by atoms with Crippen molar-refractivity contribution in [1.82, 2.24) is 0 Å². The van der Waals surface area contributed by atoms with Gasteiger partial charge in [-0.2, -0.15) is 0 Å². The zero-order valence-corrected chi connectivity index (χ0v) is 11.5. The van der Waals surface area contributed by atoms with E-state index in [0.717, 1.165) is 26.4 Å². The lowest BCUT2D eigenvalue weighted by Gasteiger charge is -2.59. The molecule has 0 amide bonds. The standard InChI is InChI=1S/C14H19NO2S/c1-18-12-4-2-11(3-5-12)14(9-17-10-14)13(6-15)7-16-8-13/h2-5H,6-10,15H2,1H3. The highest BCUT2D eigenvalue weighted by Gasteiger charge is 2.60. The first kappa shape index (κ1) is 12.5. The van der Waals surface area contributed by atoms with Crippen molar-refractivity contribution in [2.45, 2.75) is 10.3 Å². The SMILES string of the molecule is CSc1ccc(C2(C3(CN)COC3)COC2)cc1. The lowest BCUT2D eigenvalue weighted by atomic mass is 9.57. The molecule has 2 aliphatic rings. The highest BCUT2D eigenvalue weighted by atomic mass is 32.2. The van der Waals surface area contributed by atoms with Crippen LogP contribution in [0, 0.1) is 5.41 Å². The third kappa shape index (κ3) is 1.56. The second-order valence-electron chi connectivity index (χ2n) is 5.28. The van der Waals surface area contributed by atoms with Gasteiger partial charge in [-0.15, -0.1) is 11.8 Å². The first-order chi connectivity index (χ1) is 8.76. The average molecular weight is 265 g/mol. The van der Waals surface area contributed by atoms with Crippen LogP contribution in [0.25, 0.3) is 0 Å². The van der Waals surface area contributed by atoms with Crippen LogP contribution in [0.5, 0.6) is 0 Å². The normalized spacial score (nSPS) is 24.1. The summed E-state index contributed by atoms with van der Waals surface area (Å²) in [5.41, 5.74) is 7.51. The maximum atomic E-state index is 6.02. The van der Waals surface area contributed by atoms with Gasteiger partial charge in [-0.25, -0.2) is 0 Å². The molecule has 2 N–H and O–H groups in total. The Morgan fingerprint density at radius 3 is 2.06 bits per heavy atom. The number of hydrogen-bond acceptors (Lipinski definition) is 4. The molecule has 0 aromatic heterocycles. The van der Waals surface area contributed by atoms with Crippen molar-refractivity contribution in [2.24, 2.45) is 11.1 Å². The second-order valence-corrected chi connectivity index (χ2v) is 6.16. The molecule has 2 aliphatic heterocycles. The van der Waals surface area contributed by atoms with Gasteiger partial charge in [0.05, 0.1) is 31.8 Å². The van der Waals surface area contributed by atoms with Gasteiger partial charge in [0.1, 0.15) is 0 Å². The first-order valence-electron chi connectivity index (χ1n) is 6.26. The van der Waals surface area contributed by atoms with Gasteiger partial charge in [-0.05, 0) is 24.0 Å². The second kappa shape index (κ2) is 4.53. The van der Waals surface area contributed by atoms with Crippen molar-refractivity contribution in [3.05, 3.63) is 29.8 Å². The van der Waals surface area contributed by atoms with Gasteiger partial charge in [0.25, 0.3) is 0 Å². The Bertz CT molecular complexity index is 418. The van der Waals surface area contributed by atoms with Crippen molar-refractivity contribution in [3.63, 3.8) is 0 Å². The van der Waals surface area contributed by atoms with Crippen LogP contribution >= 0.6 is 11.8 Å². The van der Waals surface area contributed by atoms with E-state index in [-0.39, 0.29) is 10.8 Å². The number of ether oxygens (including phenoxy) is 2. The fraction of sp³-hybridized carbons (Fsp3) is 0.571. The van der Waals surface area contributed by atoms with Gasteiger partial charge in [-0.3, -0.25) is 0 Å². The Balaban J connectivity index is 1.95. The highest BCUT2D eigenvalue weighted by molar-refractivity contribution is 7.98. The van der Waals surface area contributed by atoms with Crippen molar-refractivity contribution < 1.29 is 9.47 Å². The maximum Gasteiger partial charge on any atom is 0.0593 e. The Morgan fingerprint density at radius 2 is 1.72 bits per heavy atom. The number of thioether (sulfide) groups is 1. The molecule has 2 fully saturated rings. The van der Waals surface area contributed by atoms with Crippen molar-refractivity contribution in [1.29, 1.82) is 0 Å². The molecule has 0 spiro atoms. The van der Waals surface area contributed by atoms with Gasteiger partial charge >= 0.3 is 0 Å². The minimum Gasteiger partial charge on any atom is -0.380 e. The summed E-state index contributed by atoms with van der Waals surface area (Å²) in [5, 5.41) is 0. The van der Waals surface area contributed by atoms with Crippen molar-refractivity contribution >= 4 is 11.8 Å². The van der Waals surface area contributed by atoms with Crippen LogP contribution in [0.4, 0.5) is 0 Å². The molecule has 0 saturated carbocycles. The molecule has 1 aromatic carbocycles. The zero-order chi connectivity index (χ0) is 12.6. The van der Waals surface area contributed by atoms with E-state index < -0.39 is 0 Å². The summed E-state index contributed by atoms with van der Waals surface area (Å²) in [5.74, 6) is 0. The van der Waals surface area contributed by atoms with E-state index in [1.807, 2.05) is 0 Å². The van der Waals surface area contributed by atoms with Crippen molar-refractivity contribution in [2.75, 3.05) is 39.2 Å². The number of rotatable bonds is 4.